The van der Waals surface area contributed by atoms with E-state index in [0.717, 1.165) is 11.6 Å². The SMILES string of the molecule is Cc1coc2c1C(=O)CC(c1ccc(F)cc1F)C2. The lowest BCUT2D eigenvalue weighted by Crippen LogP contribution is -2.19. The predicted octanol–water partition coefficient (Wildman–Crippen LogP) is 3.78. The summed E-state index contributed by atoms with van der Waals surface area (Å²) in [6.45, 7) is 1.82. The van der Waals surface area contributed by atoms with Crippen molar-refractivity contribution in [2.24, 2.45) is 0 Å². The number of benzene rings is 1. The standard InChI is InChI=1S/C15H12F2O2/c1-8-7-19-14-5-9(4-13(18)15(8)14)11-3-2-10(16)6-12(11)17/h2-3,6-7,9H,4-5H2,1H3. The number of hydrogen-bond acceptors (Lipinski definition) is 2. The molecule has 1 aliphatic carbocycles. The summed E-state index contributed by atoms with van der Waals surface area (Å²) in [6, 6.07) is 3.47. The molecule has 1 atom stereocenters. The first-order valence-electron chi connectivity index (χ1n) is 6.11. The molecule has 0 amide bonds. The topological polar surface area (TPSA) is 30.2 Å². The first-order chi connectivity index (χ1) is 9.06. The molecule has 1 aliphatic rings. The van der Waals surface area contributed by atoms with Crippen LogP contribution in [0.4, 0.5) is 8.78 Å². The van der Waals surface area contributed by atoms with Crippen molar-refractivity contribution in [3.8, 4) is 0 Å². The van der Waals surface area contributed by atoms with Crippen molar-refractivity contribution in [3.05, 3.63) is 58.5 Å². The molecule has 0 N–H and O–H groups in total. The molecule has 0 aliphatic heterocycles. The predicted molar refractivity (Wildman–Crippen MR) is 65.2 cm³/mol. The highest BCUT2D eigenvalue weighted by atomic mass is 19.1. The molecule has 0 spiro atoms. The van der Waals surface area contributed by atoms with E-state index in [0.29, 0.717) is 23.3 Å². The minimum atomic E-state index is -0.613. The van der Waals surface area contributed by atoms with E-state index in [1.165, 1.54) is 12.1 Å². The Morgan fingerprint density at radius 2 is 2.05 bits per heavy atom. The number of halogens is 2. The van der Waals surface area contributed by atoms with Crippen LogP contribution >= 0.6 is 0 Å². The molecular weight excluding hydrogens is 250 g/mol. The Morgan fingerprint density at radius 1 is 1.26 bits per heavy atom. The number of rotatable bonds is 1. The molecule has 98 valence electrons. The summed E-state index contributed by atoms with van der Waals surface area (Å²) < 4.78 is 32.0. The van der Waals surface area contributed by atoms with E-state index in [1.807, 2.05) is 6.92 Å². The van der Waals surface area contributed by atoms with Gasteiger partial charge in [-0.25, -0.2) is 8.78 Å². The fourth-order valence-electron chi connectivity index (χ4n) is 2.70. The van der Waals surface area contributed by atoms with Gasteiger partial charge in [0.15, 0.2) is 5.78 Å². The molecule has 1 aromatic carbocycles. The third-order valence-electron chi connectivity index (χ3n) is 3.60. The molecule has 19 heavy (non-hydrogen) atoms. The summed E-state index contributed by atoms with van der Waals surface area (Å²) in [5.74, 6) is -0.947. The largest absolute Gasteiger partial charge is 0.468 e. The molecule has 1 heterocycles. The molecule has 0 fully saturated rings. The van der Waals surface area contributed by atoms with Crippen LogP contribution in [0.2, 0.25) is 0 Å². The Labute approximate surface area is 109 Å². The Balaban J connectivity index is 1.99. The maximum absolute atomic E-state index is 13.8. The van der Waals surface area contributed by atoms with Crippen LogP contribution in [0, 0.1) is 18.6 Å². The normalized spacial score (nSPS) is 18.5. The molecule has 0 saturated carbocycles. The van der Waals surface area contributed by atoms with Gasteiger partial charge in [0.05, 0.1) is 11.8 Å². The first kappa shape index (κ1) is 12.1. The summed E-state index contributed by atoms with van der Waals surface area (Å²) in [5.41, 5.74) is 1.81. The fourth-order valence-corrected chi connectivity index (χ4v) is 2.70. The van der Waals surface area contributed by atoms with Crippen molar-refractivity contribution >= 4 is 5.78 Å². The van der Waals surface area contributed by atoms with Gasteiger partial charge in [-0.05, 0) is 24.1 Å². The van der Waals surface area contributed by atoms with Crippen LogP contribution < -0.4 is 0 Å². The van der Waals surface area contributed by atoms with Gasteiger partial charge in [0.25, 0.3) is 0 Å². The summed E-state index contributed by atoms with van der Waals surface area (Å²) >= 11 is 0. The van der Waals surface area contributed by atoms with Gasteiger partial charge in [0.2, 0.25) is 0 Å². The summed E-state index contributed by atoms with van der Waals surface area (Å²) in [6.07, 6.45) is 2.25. The zero-order chi connectivity index (χ0) is 13.6. The van der Waals surface area contributed by atoms with Crippen molar-refractivity contribution in [2.75, 3.05) is 0 Å². The van der Waals surface area contributed by atoms with Gasteiger partial charge in [0, 0.05) is 24.8 Å². The zero-order valence-electron chi connectivity index (χ0n) is 10.4. The van der Waals surface area contributed by atoms with Crippen molar-refractivity contribution in [3.63, 3.8) is 0 Å². The van der Waals surface area contributed by atoms with E-state index in [9.17, 15) is 13.6 Å². The number of aryl methyl sites for hydroxylation is 1. The Morgan fingerprint density at radius 3 is 2.79 bits per heavy atom. The summed E-state index contributed by atoms with van der Waals surface area (Å²) in [4.78, 5) is 12.1. The van der Waals surface area contributed by atoms with Crippen molar-refractivity contribution < 1.29 is 18.0 Å². The third-order valence-corrected chi connectivity index (χ3v) is 3.60. The van der Waals surface area contributed by atoms with Crippen LogP contribution in [0.1, 0.15) is 39.6 Å². The lowest BCUT2D eigenvalue weighted by atomic mass is 9.81. The first-order valence-corrected chi connectivity index (χ1v) is 6.11. The Kier molecular flexibility index (Phi) is 2.73. The van der Waals surface area contributed by atoms with Gasteiger partial charge in [-0.2, -0.15) is 0 Å². The van der Waals surface area contributed by atoms with Gasteiger partial charge in [-0.3, -0.25) is 4.79 Å². The van der Waals surface area contributed by atoms with E-state index in [-0.39, 0.29) is 18.1 Å². The average molecular weight is 262 g/mol. The zero-order valence-corrected chi connectivity index (χ0v) is 10.4. The smallest absolute Gasteiger partial charge is 0.167 e. The number of carbonyl (C=O) groups is 1. The molecular formula is C15H12F2O2. The number of hydrogen-bond donors (Lipinski definition) is 0. The van der Waals surface area contributed by atoms with Crippen LogP contribution in [0.15, 0.2) is 28.9 Å². The van der Waals surface area contributed by atoms with Crippen molar-refractivity contribution in [2.45, 2.75) is 25.7 Å². The number of ketones is 1. The minimum absolute atomic E-state index is 0.0405. The second-order valence-corrected chi connectivity index (χ2v) is 4.91. The molecule has 3 rings (SSSR count). The lowest BCUT2D eigenvalue weighted by molar-refractivity contribution is 0.0959. The number of carbonyl (C=O) groups excluding carboxylic acids is 1. The quantitative estimate of drug-likeness (QED) is 0.783. The van der Waals surface area contributed by atoms with Gasteiger partial charge < -0.3 is 4.42 Å². The van der Waals surface area contributed by atoms with Crippen molar-refractivity contribution in [1.82, 2.24) is 0 Å². The van der Waals surface area contributed by atoms with Gasteiger partial charge in [-0.15, -0.1) is 0 Å². The minimum Gasteiger partial charge on any atom is -0.468 e. The Bertz CT molecular complexity index is 658. The van der Waals surface area contributed by atoms with Gasteiger partial charge >= 0.3 is 0 Å². The number of Topliss-reactive ketones (excluding diaryl/α,β-unsaturated/α-hetero) is 1. The van der Waals surface area contributed by atoms with E-state index in [4.69, 9.17) is 4.42 Å². The van der Waals surface area contributed by atoms with E-state index in [1.54, 1.807) is 6.26 Å². The molecule has 0 bridgehead atoms. The average Bonchev–Trinajstić information content (AvgIpc) is 2.71. The molecule has 0 saturated heterocycles. The van der Waals surface area contributed by atoms with Crippen molar-refractivity contribution in [1.29, 1.82) is 0 Å². The lowest BCUT2D eigenvalue weighted by Gasteiger charge is -2.21. The van der Waals surface area contributed by atoms with Crippen LogP contribution in [-0.2, 0) is 6.42 Å². The summed E-state index contributed by atoms with van der Waals surface area (Å²) in [7, 11) is 0. The van der Waals surface area contributed by atoms with Gasteiger partial charge in [0.1, 0.15) is 17.4 Å². The molecule has 1 unspecified atom stereocenters. The highest BCUT2D eigenvalue weighted by Crippen LogP contribution is 2.35. The van der Waals surface area contributed by atoms with E-state index < -0.39 is 11.6 Å². The highest BCUT2D eigenvalue weighted by molar-refractivity contribution is 5.99. The number of furan rings is 1. The monoisotopic (exact) mass is 262 g/mol. The van der Waals surface area contributed by atoms with Gasteiger partial charge in [-0.1, -0.05) is 6.07 Å². The molecule has 0 radical (unpaired) electrons. The summed E-state index contributed by atoms with van der Waals surface area (Å²) in [5, 5.41) is 0. The molecule has 4 heteroatoms. The number of fused-ring (bicyclic) bond motifs is 1. The highest BCUT2D eigenvalue weighted by Gasteiger charge is 2.31. The Hall–Kier alpha value is -1.97. The van der Waals surface area contributed by atoms with E-state index in [2.05, 4.69) is 0 Å². The molecule has 2 aromatic rings. The second-order valence-electron chi connectivity index (χ2n) is 4.91. The maximum Gasteiger partial charge on any atom is 0.167 e. The van der Waals surface area contributed by atoms with Crippen LogP contribution in [-0.4, -0.2) is 5.78 Å². The van der Waals surface area contributed by atoms with Crippen LogP contribution in [0.5, 0.6) is 0 Å². The van der Waals surface area contributed by atoms with Crippen LogP contribution in [0.3, 0.4) is 0 Å². The maximum atomic E-state index is 13.8. The fraction of sp³-hybridized carbons (Fsp3) is 0.267. The van der Waals surface area contributed by atoms with Crippen LogP contribution in [0.25, 0.3) is 0 Å². The van der Waals surface area contributed by atoms with E-state index >= 15 is 0 Å². The molecule has 1 aromatic heterocycles. The molecule has 2 nitrogen and oxygen atoms in total. The third kappa shape index (κ3) is 1.97. The second kappa shape index (κ2) is 4.30.